The first-order valence-corrected chi connectivity index (χ1v) is 8.19. The summed E-state index contributed by atoms with van der Waals surface area (Å²) < 4.78 is 2.13. The van der Waals surface area contributed by atoms with E-state index in [0.29, 0.717) is 0 Å². The Hall–Kier alpha value is -2.33. The van der Waals surface area contributed by atoms with Crippen molar-refractivity contribution in [2.45, 2.75) is 26.3 Å². The van der Waals surface area contributed by atoms with Crippen molar-refractivity contribution in [1.29, 1.82) is 0 Å². The second-order valence-corrected chi connectivity index (χ2v) is 6.06. The number of hydrogen-bond donors (Lipinski definition) is 1. The highest BCUT2D eigenvalue weighted by molar-refractivity contribution is 5.67. The number of imidazole rings is 1. The molecule has 0 aliphatic rings. The Kier molecular flexibility index (Phi) is 4.63. The average molecular weight is 308 g/mol. The number of pyridine rings is 1. The zero-order valence-electron chi connectivity index (χ0n) is 13.9. The lowest BCUT2D eigenvalue weighted by atomic mass is 10.1. The first kappa shape index (κ1) is 15.6. The van der Waals surface area contributed by atoms with Crippen molar-refractivity contribution in [3.8, 4) is 11.3 Å². The van der Waals surface area contributed by atoms with E-state index in [1.54, 1.807) is 0 Å². The van der Waals surface area contributed by atoms with Gasteiger partial charge >= 0.3 is 0 Å². The maximum atomic E-state index is 5.99. The molecule has 0 fully saturated rings. The summed E-state index contributed by atoms with van der Waals surface area (Å²) in [5, 5.41) is 0. The van der Waals surface area contributed by atoms with E-state index in [4.69, 9.17) is 10.7 Å². The van der Waals surface area contributed by atoms with Gasteiger partial charge in [-0.05, 0) is 32.1 Å². The van der Waals surface area contributed by atoms with Crippen molar-refractivity contribution in [3.05, 3.63) is 54.4 Å². The van der Waals surface area contributed by atoms with E-state index in [9.17, 15) is 0 Å². The van der Waals surface area contributed by atoms with Gasteiger partial charge in [-0.3, -0.25) is 0 Å². The SMILES string of the molecule is CCCCN(C)Cc1c(-c2ccccc2)nc2ccc(N)cn12. The van der Waals surface area contributed by atoms with E-state index in [-0.39, 0.29) is 0 Å². The summed E-state index contributed by atoms with van der Waals surface area (Å²) in [4.78, 5) is 7.19. The van der Waals surface area contributed by atoms with Crippen molar-refractivity contribution >= 4 is 11.3 Å². The molecule has 0 saturated carbocycles. The van der Waals surface area contributed by atoms with Gasteiger partial charge in [-0.2, -0.15) is 0 Å². The Bertz CT molecular complexity index is 777. The van der Waals surface area contributed by atoms with Crippen molar-refractivity contribution in [2.24, 2.45) is 0 Å². The van der Waals surface area contributed by atoms with Gasteiger partial charge in [0, 0.05) is 24.0 Å². The van der Waals surface area contributed by atoms with Crippen LogP contribution in [0.4, 0.5) is 5.69 Å². The molecule has 120 valence electrons. The molecule has 0 saturated heterocycles. The molecule has 0 spiro atoms. The van der Waals surface area contributed by atoms with Crippen LogP contribution in [0.25, 0.3) is 16.9 Å². The van der Waals surface area contributed by atoms with Crippen LogP contribution in [0.2, 0.25) is 0 Å². The van der Waals surface area contributed by atoms with Crippen molar-refractivity contribution in [2.75, 3.05) is 19.3 Å². The summed E-state index contributed by atoms with van der Waals surface area (Å²) in [5.41, 5.74) is 11.1. The molecule has 2 N–H and O–H groups in total. The highest BCUT2D eigenvalue weighted by Gasteiger charge is 2.15. The standard InChI is InChI=1S/C19H24N4/c1-3-4-12-22(2)14-17-19(15-8-6-5-7-9-15)21-18-11-10-16(20)13-23(17)18/h5-11,13H,3-4,12,14,20H2,1-2H3. The van der Waals surface area contributed by atoms with Crippen LogP contribution < -0.4 is 5.73 Å². The number of fused-ring (bicyclic) bond motifs is 1. The van der Waals surface area contributed by atoms with Crippen LogP contribution >= 0.6 is 0 Å². The van der Waals surface area contributed by atoms with Crippen molar-refractivity contribution in [1.82, 2.24) is 14.3 Å². The van der Waals surface area contributed by atoms with Crippen LogP contribution in [-0.2, 0) is 6.54 Å². The lowest BCUT2D eigenvalue weighted by molar-refractivity contribution is 0.316. The summed E-state index contributed by atoms with van der Waals surface area (Å²) >= 11 is 0. The van der Waals surface area contributed by atoms with E-state index in [0.717, 1.165) is 35.7 Å². The molecule has 0 atom stereocenters. The van der Waals surface area contributed by atoms with Gasteiger partial charge in [0.2, 0.25) is 0 Å². The predicted octanol–water partition coefficient (Wildman–Crippen LogP) is 3.82. The minimum atomic E-state index is 0.756. The van der Waals surface area contributed by atoms with E-state index in [1.807, 2.05) is 24.4 Å². The fraction of sp³-hybridized carbons (Fsp3) is 0.316. The third kappa shape index (κ3) is 3.37. The Morgan fingerprint density at radius 1 is 1.13 bits per heavy atom. The van der Waals surface area contributed by atoms with E-state index in [2.05, 4.69) is 47.5 Å². The number of unbranched alkanes of at least 4 members (excludes halogenated alkanes) is 1. The Morgan fingerprint density at radius 3 is 2.65 bits per heavy atom. The maximum absolute atomic E-state index is 5.99. The average Bonchev–Trinajstić information content (AvgIpc) is 2.91. The number of rotatable bonds is 6. The highest BCUT2D eigenvalue weighted by atomic mass is 15.1. The number of nitrogens with two attached hydrogens (primary N) is 1. The van der Waals surface area contributed by atoms with Crippen LogP contribution in [0.1, 0.15) is 25.5 Å². The molecular weight excluding hydrogens is 284 g/mol. The molecule has 4 nitrogen and oxygen atoms in total. The van der Waals surface area contributed by atoms with Crippen molar-refractivity contribution < 1.29 is 0 Å². The van der Waals surface area contributed by atoms with E-state index in [1.165, 1.54) is 18.5 Å². The van der Waals surface area contributed by atoms with E-state index < -0.39 is 0 Å². The molecule has 0 aliphatic heterocycles. The summed E-state index contributed by atoms with van der Waals surface area (Å²) in [5.74, 6) is 0. The monoisotopic (exact) mass is 308 g/mol. The molecule has 0 aliphatic carbocycles. The fourth-order valence-electron chi connectivity index (χ4n) is 2.85. The predicted molar refractivity (Wildman–Crippen MR) is 96.3 cm³/mol. The third-order valence-electron chi connectivity index (χ3n) is 4.10. The molecule has 0 radical (unpaired) electrons. The van der Waals surface area contributed by atoms with Gasteiger partial charge in [-0.25, -0.2) is 4.98 Å². The molecule has 0 amide bonds. The third-order valence-corrected chi connectivity index (χ3v) is 4.10. The van der Waals surface area contributed by atoms with Crippen LogP contribution in [-0.4, -0.2) is 27.9 Å². The van der Waals surface area contributed by atoms with Gasteiger partial charge in [0.1, 0.15) is 5.65 Å². The molecule has 0 unspecified atom stereocenters. The Morgan fingerprint density at radius 2 is 1.91 bits per heavy atom. The summed E-state index contributed by atoms with van der Waals surface area (Å²) in [6, 6.07) is 14.3. The topological polar surface area (TPSA) is 46.6 Å². The second kappa shape index (κ2) is 6.84. The lowest BCUT2D eigenvalue weighted by Crippen LogP contribution is -2.20. The molecule has 3 aromatic rings. The van der Waals surface area contributed by atoms with Crippen LogP contribution in [0.5, 0.6) is 0 Å². The van der Waals surface area contributed by atoms with Gasteiger partial charge in [-0.15, -0.1) is 0 Å². The van der Waals surface area contributed by atoms with E-state index >= 15 is 0 Å². The van der Waals surface area contributed by atoms with Crippen LogP contribution in [0.3, 0.4) is 0 Å². The molecule has 4 heteroatoms. The first-order valence-electron chi connectivity index (χ1n) is 8.19. The number of hydrogen-bond acceptors (Lipinski definition) is 3. The van der Waals surface area contributed by atoms with Crippen LogP contribution in [0, 0.1) is 0 Å². The summed E-state index contributed by atoms with van der Waals surface area (Å²) in [7, 11) is 2.16. The van der Waals surface area contributed by atoms with Gasteiger partial charge in [-0.1, -0.05) is 43.7 Å². The molecule has 3 rings (SSSR count). The minimum Gasteiger partial charge on any atom is -0.398 e. The highest BCUT2D eigenvalue weighted by Crippen LogP contribution is 2.26. The molecule has 2 heterocycles. The maximum Gasteiger partial charge on any atom is 0.137 e. The molecular formula is C19H24N4. The first-order chi connectivity index (χ1) is 11.2. The minimum absolute atomic E-state index is 0.756. The number of benzene rings is 1. The lowest BCUT2D eigenvalue weighted by Gasteiger charge is -2.17. The number of aromatic nitrogens is 2. The molecule has 23 heavy (non-hydrogen) atoms. The quantitative estimate of drug-likeness (QED) is 0.753. The fourth-order valence-corrected chi connectivity index (χ4v) is 2.85. The Labute approximate surface area is 137 Å². The molecule has 2 aromatic heterocycles. The largest absolute Gasteiger partial charge is 0.398 e. The number of nitrogens with zero attached hydrogens (tertiary/aromatic N) is 3. The number of anilines is 1. The zero-order chi connectivity index (χ0) is 16.2. The van der Waals surface area contributed by atoms with Crippen molar-refractivity contribution in [3.63, 3.8) is 0 Å². The smallest absolute Gasteiger partial charge is 0.137 e. The molecule has 0 bridgehead atoms. The number of nitrogen functional groups attached to an aromatic ring is 1. The Balaban J connectivity index is 2.06. The van der Waals surface area contributed by atoms with Gasteiger partial charge in [0.15, 0.2) is 0 Å². The normalized spacial score (nSPS) is 11.4. The van der Waals surface area contributed by atoms with Gasteiger partial charge < -0.3 is 15.0 Å². The second-order valence-electron chi connectivity index (χ2n) is 6.06. The molecule has 1 aromatic carbocycles. The summed E-state index contributed by atoms with van der Waals surface area (Å²) in [6.45, 7) is 4.16. The zero-order valence-corrected chi connectivity index (χ0v) is 13.9. The summed E-state index contributed by atoms with van der Waals surface area (Å²) in [6.07, 6.45) is 4.38. The van der Waals surface area contributed by atoms with Gasteiger partial charge in [0.25, 0.3) is 0 Å². The van der Waals surface area contributed by atoms with Crippen LogP contribution in [0.15, 0.2) is 48.7 Å². The van der Waals surface area contributed by atoms with Gasteiger partial charge in [0.05, 0.1) is 11.4 Å².